The van der Waals surface area contributed by atoms with Crippen LogP contribution in [0.2, 0.25) is 0 Å². The highest BCUT2D eigenvalue weighted by Crippen LogP contribution is 2.21. The molecule has 0 saturated carbocycles. The SMILES string of the molecule is Cc1cccc2nc(CNc3ccc(S(=O)(=O)N4CCCC4)cn3)cn12. The minimum Gasteiger partial charge on any atom is -0.364 e. The number of aromatic nitrogens is 3. The summed E-state index contributed by atoms with van der Waals surface area (Å²) < 4.78 is 28.6. The van der Waals surface area contributed by atoms with Crippen molar-refractivity contribution in [2.45, 2.75) is 31.2 Å². The lowest BCUT2D eigenvalue weighted by Gasteiger charge is -2.15. The summed E-state index contributed by atoms with van der Waals surface area (Å²) in [5, 5.41) is 3.19. The summed E-state index contributed by atoms with van der Waals surface area (Å²) in [5.74, 6) is 0.624. The van der Waals surface area contributed by atoms with Crippen LogP contribution in [0.3, 0.4) is 0 Å². The van der Waals surface area contributed by atoms with Gasteiger partial charge in [0.05, 0.1) is 12.2 Å². The molecule has 0 spiro atoms. The highest BCUT2D eigenvalue weighted by Gasteiger charge is 2.27. The average Bonchev–Trinajstić information content (AvgIpc) is 3.31. The summed E-state index contributed by atoms with van der Waals surface area (Å²) in [6.45, 7) is 3.74. The number of hydrogen-bond donors (Lipinski definition) is 1. The van der Waals surface area contributed by atoms with Gasteiger partial charge in [0.2, 0.25) is 10.0 Å². The lowest BCUT2D eigenvalue weighted by molar-refractivity contribution is 0.477. The fourth-order valence-corrected chi connectivity index (χ4v) is 4.64. The van der Waals surface area contributed by atoms with E-state index in [1.165, 1.54) is 10.5 Å². The summed E-state index contributed by atoms with van der Waals surface area (Å²) in [6.07, 6.45) is 5.25. The van der Waals surface area contributed by atoms with E-state index in [2.05, 4.69) is 15.3 Å². The second kappa shape index (κ2) is 6.69. The summed E-state index contributed by atoms with van der Waals surface area (Å²) in [4.78, 5) is 9.06. The van der Waals surface area contributed by atoms with Crippen LogP contribution >= 0.6 is 0 Å². The Morgan fingerprint density at radius 3 is 2.65 bits per heavy atom. The molecule has 0 aromatic carbocycles. The van der Waals surface area contributed by atoms with Crippen molar-refractivity contribution in [3.05, 3.63) is 54.1 Å². The number of sulfonamides is 1. The number of anilines is 1. The molecule has 136 valence electrons. The molecule has 26 heavy (non-hydrogen) atoms. The molecule has 0 atom stereocenters. The Kier molecular flexibility index (Phi) is 4.37. The number of nitrogens with zero attached hydrogens (tertiary/aromatic N) is 4. The summed E-state index contributed by atoms with van der Waals surface area (Å²) in [5.41, 5.74) is 2.92. The molecule has 1 N–H and O–H groups in total. The van der Waals surface area contributed by atoms with E-state index in [1.54, 1.807) is 12.1 Å². The topological polar surface area (TPSA) is 79.6 Å². The zero-order valence-electron chi connectivity index (χ0n) is 14.6. The molecule has 1 fully saturated rings. The smallest absolute Gasteiger partial charge is 0.244 e. The van der Waals surface area contributed by atoms with Gasteiger partial charge in [-0.3, -0.25) is 0 Å². The fourth-order valence-electron chi connectivity index (χ4n) is 3.18. The van der Waals surface area contributed by atoms with Crippen LogP contribution in [0.5, 0.6) is 0 Å². The molecule has 3 aromatic heterocycles. The number of fused-ring (bicyclic) bond motifs is 1. The molecule has 0 aliphatic carbocycles. The molecule has 3 aromatic rings. The quantitative estimate of drug-likeness (QED) is 0.745. The van der Waals surface area contributed by atoms with Gasteiger partial charge < -0.3 is 9.72 Å². The molecule has 4 rings (SSSR count). The molecule has 4 heterocycles. The van der Waals surface area contributed by atoms with Gasteiger partial charge in [0.1, 0.15) is 16.4 Å². The highest BCUT2D eigenvalue weighted by atomic mass is 32.2. The molecule has 1 aliphatic heterocycles. The Hall–Kier alpha value is -2.45. The van der Waals surface area contributed by atoms with Gasteiger partial charge >= 0.3 is 0 Å². The van der Waals surface area contributed by atoms with E-state index in [9.17, 15) is 8.42 Å². The van der Waals surface area contributed by atoms with Crippen LogP contribution in [-0.2, 0) is 16.6 Å². The third kappa shape index (κ3) is 3.17. The van der Waals surface area contributed by atoms with Crippen molar-refractivity contribution in [1.82, 2.24) is 18.7 Å². The Balaban J connectivity index is 1.46. The first-order valence-corrected chi connectivity index (χ1v) is 10.1. The van der Waals surface area contributed by atoms with Crippen LogP contribution in [0.1, 0.15) is 24.2 Å². The Bertz CT molecular complexity index is 1020. The van der Waals surface area contributed by atoms with Crippen molar-refractivity contribution in [2.24, 2.45) is 0 Å². The van der Waals surface area contributed by atoms with Crippen molar-refractivity contribution < 1.29 is 8.42 Å². The number of aryl methyl sites for hydroxylation is 1. The maximum atomic E-state index is 12.5. The monoisotopic (exact) mass is 371 g/mol. The summed E-state index contributed by atoms with van der Waals surface area (Å²) in [7, 11) is -3.42. The number of hydrogen-bond acceptors (Lipinski definition) is 5. The van der Waals surface area contributed by atoms with Gasteiger partial charge in [0.25, 0.3) is 0 Å². The van der Waals surface area contributed by atoms with Gasteiger partial charge in [-0.15, -0.1) is 0 Å². The first-order chi connectivity index (χ1) is 12.5. The first-order valence-electron chi connectivity index (χ1n) is 8.68. The van der Waals surface area contributed by atoms with Gasteiger partial charge in [-0.1, -0.05) is 6.07 Å². The second-order valence-corrected chi connectivity index (χ2v) is 8.41. The normalized spacial score (nSPS) is 15.6. The van der Waals surface area contributed by atoms with Gasteiger partial charge in [0, 0.05) is 31.2 Å². The predicted octanol–water partition coefficient (Wildman–Crippen LogP) is 2.43. The highest BCUT2D eigenvalue weighted by molar-refractivity contribution is 7.89. The largest absolute Gasteiger partial charge is 0.364 e. The van der Waals surface area contributed by atoms with E-state index >= 15 is 0 Å². The molecule has 0 unspecified atom stereocenters. The molecular formula is C18H21N5O2S. The third-order valence-corrected chi connectivity index (χ3v) is 6.52. The van der Waals surface area contributed by atoms with E-state index < -0.39 is 10.0 Å². The molecule has 0 amide bonds. The van der Waals surface area contributed by atoms with Gasteiger partial charge in [0.15, 0.2) is 0 Å². The molecule has 7 nitrogen and oxygen atoms in total. The van der Waals surface area contributed by atoms with Crippen molar-refractivity contribution in [2.75, 3.05) is 18.4 Å². The van der Waals surface area contributed by atoms with Crippen LogP contribution in [0.4, 0.5) is 5.82 Å². The minimum atomic E-state index is -3.42. The number of rotatable bonds is 5. The van der Waals surface area contributed by atoms with E-state index in [4.69, 9.17) is 0 Å². The lowest BCUT2D eigenvalue weighted by Crippen LogP contribution is -2.27. The minimum absolute atomic E-state index is 0.244. The molecule has 8 heteroatoms. The Morgan fingerprint density at radius 1 is 1.15 bits per heavy atom. The Labute approximate surface area is 152 Å². The first kappa shape index (κ1) is 17.0. The van der Waals surface area contributed by atoms with E-state index in [0.717, 1.165) is 29.9 Å². The fraction of sp³-hybridized carbons (Fsp3) is 0.333. The van der Waals surface area contributed by atoms with Crippen LogP contribution in [0, 0.1) is 6.92 Å². The lowest BCUT2D eigenvalue weighted by atomic mass is 10.4. The van der Waals surface area contributed by atoms with Crippen LogP contribution in [0.25, 0.3) is 5.65 Å². The average molecular weight is 371 g/mol. The van der Waals surface area contributed by atoms with E-state index in [1.807, 2.05) is 35.7 Å². The standard InChI is InChI=1S/C18H21N5O2S/c1-14-5-4-6-18-21-15(13-23(14)18)11-19-17-8-7-16(12-20-17)26(24,25)22-9-2-3-10-22/h4-8,12-13H,2-3,9-11H2,1H3,(H,19,20). The summed E-state index contributed by atoms with van der Waals surface area (Å²) >= 11 is 0. The predicted molar refractivity (Wildman–Crippen MR) is 99.5 cm³/mol. The van der Waals surface area contributed by atoms with Gasteiger partial charge in [-0.05, 0) is 44.0 Å². The zero-order chi connectivity index (χ0) is 18.1. The second-order valence-electron chi connectivity index (χ2n) is 6.47. The number of pyridine rings is 2. The van der Waals surface area contributed by atoms with Crippen molar-refractivity contribution in [3.8, 4) is 0 Å². The van der Waals surface area contributed by atoms with Crippen molar-refractivity contribution in [1.29, 1.82) is 0 Å². The zero-order valence-corrected chi connectivity index (χ0v) is 15.4. The maximum Gasteiger partial charge on any atom is 0.244 e. The van der Waals surface area contributed by atoms with Crippen molar-refractivity contribution in [3.63, 3.8) is 0 Å². The maximum absolute atomic E-state index is 12.5. The van der Waals surface area contributed by atoms with Crippen LogP contribution in [-0.4, -0.2) is 40.2 Å². The van der Waals surface area contributed by atoms with E-state index in [0.29, 0.717) is 25.5 Å². The van der Waals surface area contributed by atoms with E-state index in [-0.39, 0.29) is 4.90 Å². The van der Waals surface area contributed by atoms with Gasteiger partial charge in [-0.25, -0.2) is 18.4 Å². The third-order valence-electron chi connectivity index (χ3n) is 4.64. The summed E-state index contributed by atoms with van der Waals surface area (Å²) in [6, 6.07) is 9.29. The van der Waals surface area contributed by atoms with Crippen molar-refractivity contribution >= 4 is 21.5 Å². The Morgan fingerprint density at radius 2 is 1.96 bits per heavy atom. The number of nitrogens with one attached hydrogen (secondary N) is 1. The molecule has 1 aliphatic rings. The van der Waals surface area contributed by atoms with Crippen LogP contribution < -0.4 is 5.32 Å². The molecule has 1 saturated heterocycles. The number of imidazole rings is 1. The molecule has 0 bridgehead atoms. The van der Waals surface area contributed by atoms with Crippen LogP contribution in [0.15, 0.2) is 47.6 Å². The molecule has 0 radical (unpaired) electrons. The molecular weight excluding hydrogens is 350 g/mol. The van der Waals surface area contributed by atoms with Gasteiger partial charge in [-0.2, -0.15) is 4.31 Å².